The summed E-state index contributed by atoms with van der Waals surface area (Å²) in [4.78, 5) is -0.464. The zero-order valence-electron chi connectivity index (χ0n) is 11.7. The molecule has 1 heterocycles. The van der Waals surface area contributed by atoms with Crippen LogP contribution in [0.15, 0.2) is 51.9 Å². The fraction of sp³-hybridized carbons (Fsp3) is 0.0714. The number of ether oxygens (including phenoxy) is 1. The van der Waals surface area contributed by atoms with Gasteiger partial charge >= 0.3 is 6.61 Å². The number of benzene rings is 2. The van der Waals surface area contributed by atoms with Crippen LogP contribution in [0.5, 0.6) is 5.75 Å². The smallest absolute Gasteiger partial charge is 0.387 e. The van der Waals surface area contributed by atoms with E-state index in [1.165, 1.54) is 18.2 Å². The van der Waals surface area contributed by atoms with Gasteiger partial charge in [-0.3, -0.25) is 4.72 Å². The second-order valence-electron chi connectivity index (χ2n) is 4.57. The molecule has 0 aliphatic rings. The van der Waals surface area contributed by atoms with Crippen LogP contribution in [-0.4, -0.2) is 20.2 Å². The number of hydrogen-bond donors (Lipinski definition) is 1. The lowest BCUT2D eigenvalue weighted by molar-refractivity contribution is -0.0517. The van der Waals surface area contributed by atoms with Gasteiger partial charge in [-0.25, -0.2) is 8.42 Å². The van der Waals surface area contributed by atoms with Crippen molar-refractivity contribution in [2.75, 3.05) is 4.72 Å². The molecule has 2 aromatic carbocycles. The van der Waals surface area contributed by atoms with Gasteiger partial charge in [-0.2, -0.15) is 8.78 Å². The summed E-state index contributed by atoms with van der Waals surface area (Å²) >= 11 is 6.02. The number of aromatic nitrogens is 1. The largest absolute Gasteiger partial charge is 0.433 e. The third kappa shape index (κ3) is 3.13. The second-order valence-corrected chi connectivity index (χ2v) is 6.63. The Hall–Kier alpha value is -2.39. The van der Waals surface area contributed by atoms with E-state index in [2.05, 4.69) is 14.6 Å². The highest BCUT2D eigenvalue weighted by Crippen LogP contribution is 2.33. The predicted octanol–water partition coefficient (Wildman–Crippen LogP) is 3.88. The summed E-state index contributed by atoms with van der Waals surface area (Å²) in [6, 6.07) is 9.70. The third-order valence-electron chi connectivity index (χ3n) is 3.03. The summed E-state index contributed by atoms with van der Waals surface area (Å²) in [7, 11) is -4.26. The van der Waals surface area contributed by atoms with Gasteiger partial charge in [0.1, 0.15) is 10.6 Å². The van der Waals surface area contributed by atoms with Crippen molar-refractivity contribution in [2.24, 2.45) is 0 Å². The van der Waals surface area contributed by atoms with Gasteiger partial charge in [0.05, 0.1) is 10.4 Å². The minimum absolute atomic E-state index is 0.151. The fourth-order valence-corrected chi connectivity index (χ4v) is 3.47. The number of nitrogens with zero attached hydrogens (tertiary/aromatic N) is 1. The summed E-state index contributed by atoms with van der Waals surface area (Å²) in [5.74, 6) is -0.638. The molecule has 10 heteroatoms. The molecular formula is C14H9ClF2N2O4S. The van der Waals surface area contributed by atoms with E-state index in [1.807, 2.05) is 0 Å². The lowest BCUT2D eigenvalue weighted by Gasteiger charge is -2.11. The number of halogens is 3. The monoisotopic (exact) mass is 374 g/mol. The highest BCUT2D eigenvalue weighted by Gasteiger charge is 2.24. The van der Waals surface area contributed by atoms with Gasteiger partial charge in [-0.1, -0.05) is 35.0 Å². The van der Waals surface area contributed by atoms with E-state index in [1.54, 1.807) is 12.1 Å². The number of nitrogens with one attached hydrogen (secondary N) is 1. The molecule has 0 radical (unpaired) electrons. The molecule has 126 valence electrons. The van der Waals surface area contributed by atoms with E-state index >= 15 is 0 Å². The van der Waals surface area contributed by atoms with Gasteiger partial charge in [0.15, 0.2) is 11.4 Å². The van der Waals surface area contributed by atoms with Crippen molar-refractivity contribution in [3.05, 3.63) is 47.5 Å². The molecule has 0 amide bonds. The summed E-state index contributed by atoms with van der Waals surface area (Å²) in [6.07, 6.45) is 0. The maximum Gasteiger partial charge on any atom is 0.387 e. The normalized spacial score (nSPS) is 11.8. The Morgan fingerprint density at radius 2 is 1.92 bits per heavy atom. The van der Waals surface area contributed by atoms with Crippen LogP contribution in [0.3, 0.4) is 0 Å². The van der Waals surface area contributed by atoms with Crippen LogP contribution in [0.2, 0.25) is 5.02 Å². The third-order valence-corrected chi connectivity index (χ3v) is 4.73. The van der Waals surface area contributed by atoms with Crippen molar-refractivity contribution in [3.63, 3.8) is 0 Å². The van der Waals surface area contributed by atoms with E-state index in [-0.39, 0.29) is 21.8 Å². The first-order valence-electron chi connectivity index (χ1n) is 6.49. The molecule has 0 aliphatic heterocycles. The lowest BCUT2D eigenvalue weighted by atomic mass is 10.2. The topological polar surface area (TPSA) is 81.4 Å². The molecule has 6 nitrogen and oxygen atoms in total. The molecule has 0 bridgehead atoms. The van der Waals surface area contributed by atoms with E-state index in [9.17, 15) is 17.2 Å². The molecule has 24 heavy (non-hydrogen) atoms. The van der Waals surface area contributed by atoms with Crippen LogP contribution >= 0.6 is 11.6 Å². The number of para-hydroxylation sites is 1. The fourth-order valence-electron chi connectivity index (χ4n) is 2.07. The van der Waals surface area contributed by atoms with Crippen LogP contribution in [-0.2, 0) is 10.0 Å². The molecule has 3 rings (SSSR count). The first-order valence-corrected chi connectivity index (χ1v) is 8.35. The Bertz CT molecular complexity index is 991. The van der Waals surface area contributed by atoms with E-state index < -0.39 is 27.3 Å². The molecule has 0 saturated heterocycles. The summed E-state index contributed by atoms with van der Waals surface area (Å²) in [5, 5.41) is 4.10. The molecule has 0 saturated carbocycles. The van der Waals surface area contributed by atoms with Gasteiger partial charge in [0, 0.05) is 0 Å². The Labute approximate surface area is 140 Å². The van der Waals surface area contributed by atoms with Crippen LogP contribution in [0.4, 0.5) is 14.6 Å². The first-order chi connectivity index (χ1) is 11.4. The Morgan fingerprint density at radius 1 is 1.17 bits per heavy atom. The van der Waals surface area contributed by atoms with E-state index in [4.69, 9.17) is 16.1 Å². The Kier molecular flexibility index (Phi) is 4.29. The van der Waals surface area contributed by atoms with Gasteiger partial charge < -0.3 is 9.26 Å². The molecule has 0 spiro atoms. The van der Waals surface area contributed by atoms with Gasteiger partial charge in [-0.05, 0) is 24.3 Å². The van der Waals surface area contributed by atoms with Crippen LogP contribution in [0, 0.1) is 0 Å². The zero-order chi connectivity index (χ0) is 17.3. The standard InChI is InChI=1S/C14H9ClF2N2O4S/c15-8-4-3-6-10-12(8)13(18-23-10)19-24(20,21)11-7-2-1-5-9(11)22-14(16)17/h1-7,14H,(H,18,19). The molecule has 1 N–H and O–H groups in total. The maximum absolute atomic E-state index is 12.5. The summed E-state index contributed by atoms with van der Waals surface area (Å²) < 4.78 is 61.3. The SMILES string of the molecule is O=S(=O)(Nc1noc2cccc(Cl)c12)c1ccccc1OC(F)F. The number of anilines is 1. The van der Waals surface area contributed by atoms with Gasteiger partial charge in [0.25, 0.3) is 10.0 Å². The number of hydrogen-bond acceptors (Lipinski definition) is 5. The van der Waals surface area contributed by atoms with E-state index in [0.29, 0.717) is 0 Å². The van der Waals surface area contributed by atoms with Crippen molar-refractivity contribution >= 4 is 38.4 Å². The van der Waals surface area contributed by atoms with Gasteiger partial charge in [0.2, 0.25) is 0 Å². The molecule has 0 fully saturated rings. The van der Waals surface area contributed by atoms with Crippen molar-refractivity contribution in [3.8, 4) is 5.75 Å². The summed E-state index contributed by atoms with van der Waals surface area (Å²) in [6.45, 7) is -3.16. The summed E-state index contributed by atoms with van der Waals surface area (Å²) in [5.41, 5.74) is 0.275. The first kappa shape index (κ1) is 16.5. The number of rotatable bonds is 5. The van der Waals surface area contributed by atoms with Crippen LogP contribution < -0.4 is 9.46 Å². The van der Waals surface area contributed by atoms with Crippen molar-refractivity contribution in [2.45, 2.75) is 11.5 Å². The maximum atomic E-state index is 12.5. The van der Waals surface area contributed by atoms with Crippen molar-refractivity contribution in [1.29, 1.82) is 0 Å². The Morgan fingerprint density at radius 3 is 2.67 bits per heavy atom. The highest BCUT2D eigenvalue weighted by molar-refractivity contribution is 7.92. The molecule has 0 atom stereocenters. The minimum atomic E-state index is -4.26. The predicted molar refractivity (Wildman–Crippen MR) is 82.9 cm³/mol. The highest BCUT2D eigenvalue weighted by atomic mass is 35.5. The number of sulfonamides is 1. The Balaban J connectivity index is 2.03. The molecule has 0 aliphatic carbocycles. The quantitative estimate of drug-likeness (QED) is 0.732. The zero-order valence-corrected chi connectivity index (χ0v) is 13.3. The average Bonchev–Trinajstić information content (AvgIpc) is 2.91. The lowest BCUT2D eigenvalue weighted by Crippen LogP contribution is -2.16. The molecule has 3 aromatic rings. The van der Waals surface area contributed by atoms with Crippen LogP contribution in [0.25, 0.3) is 11.0 Å². The minimum Gasteiger partial charge on any atom is -0.433 e. The van der Waals surface area contributed by atoms with Gasteiger partial charge in [-0.15, -0.1) is 0 Å². The second kappa shape index (κ2) is 6.25. The van der Waals surface area contributed by atoms with E-state index in [0.717, 1.165) is 12.1 Å². The van der Waals surface area contributed by atoms with Crippen LogP contribution in [0.1, 0.15) is 0 Å². The van der Waals surface area contributed by atoms with Crippen molar-refractivity contribution in [1.82, 2.24) is 5.16 Å². The molecule has 1 aromatic heterocycles. The number of fused-ring (bicyclic) bond motifs is 1. The molecular weight excluding hydrogens is 366 g/mol. The average molecular weight is 375 g/mol. The number of alkyl halides is 2. The molecule has 0 unspecified atom stereocenters. The van der Waals surface area contributed by atoms with Crippen molar-refractivity contribution < 1.29 is 26.5 Å².